The third-order valence-electron chi connectivity index (χ3n) is 4.81. The maximum absolute atomic E-state index is 12.7. The van der Waals surface area contributed by atoms with E-state index in [-0.39, 0.29) is 6.61 Å². The number of carbonyl (C=O) groups is 2. The van der Waals surface area contributed by atoms with Gasteiger partial charge >= 0.3 is 12.1 Å². The second-order valence-electron chi connectivity index (χ2n) is 6.83. The number of esters is 1. The zero-order chi connectivity index (χ0) is 21.8. The highest BCUT2D eigenvalue weighted by Gasteiger charge is 2.48. The number of carbonyl (C=O) groups excluding carboxylic acids is 2. The predicted molar refractivity (Wildman–Crippen MR) is 117 cm³/mol. The molecule has 1 saturated heterocycles. The molecule has 1 amide bonds. The van der Waals surface area contributed by atoms with E-state index < -0.39 is 24.2 Å². The van der Waals surface area contributed by atoms with E-state index in [1.165, 1.54) is 4.90 Å². The number of ether oxygens (including phenoxy) is 3. The number of benzene rings is 3. The molecule has 0 saturated carbocycles. The summed E-state index contributed by atoms with van der Waals surface area (Å²) in [6.07, 6.45) is -1.67. The lowest BCUT2D eigenvalue weighted by molar-refractivity contribution is -0.152. The number of rotatable bonds is 6. The molecule has 0 aliphatic carbocycles. The van der Waals surface area contributed by atoms with Crippen LogP contribution in [0.1, 0.15) is 18.5 Å². The van der Waals surface area contributed by atoms with Crippen molar-refractivity contribution in [1.29, 1.82) is 0 Å². The Morgan fingerprint density at radius 3 is 2.19 bits per heavy atom. The van der Waals surface area contributed by atoms with E-state index in [4.69, 9.17) is 25.8 Å². The molecule has 4 rings (SSSR count). The summed E-state index contributed by atoms with van der Waals surface area (Å²) in [4.78, 5) is 26.7. The van der Waals surface area contributed by atoms with Crippen LogP contribution >= 0.6 is 11.6 Å². The Hall–Kier alpha value is -3.51. The molecule has 1 aliphatic heterocycles. The largest absolute Gasteiger partial charge is 0.463 e. The van der Waals surface area contributed by atoms with Gasteiger partial charge < -0.3 is 14.2 Å². The van der Waals surface area contributed by atoms with Crippen LogP contribution in [0.4, 0.5) is 10.5 Å². The van der Waals surface area contributed by atoms with Gasteiger partial charge in [0.25, 0.3) is 0 Å². The molecular weight excluding hydrogens is 418 g/mol. The standard InChI is InChI=1S/C24H20ClNO5/c1-2-29-23(27)22-21(16-6-4-3-5-7-16)26(24(28)31-22)18-10-14-20(15-11-18)30-19-12-8-17(25)9-13-19/h3-15,21-22H,2H2,1H3/t21-,22+/m0/s1. The number of anilines is 1. The minimum Gasteiger partial charge on any atom is -0.463 e. The summed E-state index contributed by atoms with van der Waals surface area (Å²) >= 11 is 5.90. The first-order valence-electron chi connectivity index (χ1n) is 9.81. The molecule has 3 aromatic rings. The summed E-state index contributed by atoms with van der Waals surface area (Å²) in [5.74, 6) is 0.661. The highest BCUT2D eigenvalue weighted by atomic mass is 35.5. The molecule has 0 bridgehead atoms. The molecule has 0 spiro atoms. The Morgan fingerprint density at radius 2 is 1.58 bits per heavy atom. The van der Waals surface area contributed by atoms with Crippen molar-refractivity contribution in [3.8, 4) is 11.5 Å². The third kappa shape index (κ3) is 4.49. The Kier molecular flexibility index (Phi) is 6.09. The fourth-order valence-electron chi connectivity index (χ4n) is 3.43. The van der Waals surface area contributed by atoms with Crippen molar-refractivity contribution in [2.45, 2.75) is 19.1 Å². The lowest BCUT2D eigenvalue weighted by Gasteiger charge is -2.24. The quantitative estimate of drug-likeness (QED) is 0.458. The van der Waals surface area contributed by atoms with Crippen LogP contribution in [0.5, 0.6) is 11.5 Å². The minimum atomic E-state index is -1.06. The van der Waals surface area contributed by atoms with Gasteiger partial charge in [-0.05, 0) is 61.0 Å². The Bertz CT molecular complexity index is 1050. The summed E-state index contributed by atoms with van der Waals surface area (Å²) < 4.78 is 16.4. The molecular formula is C24H20ClNO5. The smallest absolute Gasteiger partial charge is 0.415 e. The van der Waals surface area contributed by atoms with Crippen LogP contribution < -0.4 is 9.64 Å². The van der Waals surface area contributed by atoms with Gasteiger partial charge in [-0.25, -0.2) is 9.59 Å². The summed E-state index contributed by atoms with van der Waals surface area (Å²) in [7, 11) is 0. The zero-order valence-corrected chi connectivity index (χ0v) is 17.5. The first kappa shape index (κ1) is 20.8. The van der Waals surface area contributed by atoms with E-state index in [1.807, 2.05) is 30.3 Å². The van der Waals surface area contributed by atoms with Crippen LogP contribution in [0.3, 0.4) is 0 Å². The number of amides is 1. The third-order valence-corrected chi connectivity index (χ3v) is 5.07. The fraction of sp³-hybridized carbons (Fsp3) is 0.167. The Labute approximate surface area is 184 Å². The van der Waals surface area contributed by atoms with Gasteiger partial charge in [-0.1, -0.05) is 41.9 Å². The maximum atomic E-state index is 12.7. The Morgan fingerprint density at radius 1 is 0.968 bits per heavy atom. The van der Waals surface area contributed by atoms with Crippen molar-refractivity contribution in [3.63, 3.8) is 0 Å². The first-order chi connectivity index (χ1) is 15.1. The number of halogens is 1. The molecule has 31 heavy (non-hydrogen) atoms. The predicted octanol–water partition coefficient (Wildman–Crippen LogP) is 5.76. The van der Waals surface area contributed by atoms with E-state index >= 15 is 0 Å². The normalized spacial score (nSPS) is 17.9. The van der Waals surface area contributed by atoms with Crippen molar-refractivity contribution in [2.75, 3.05) is 11.5 Å². The molecule has 1 heterocycles. The number of hydrogen-bond acceptors (Lipinski definition) is 5. The average molecular weight is 438 g/mol. The topological polar surface area (TPSA) is 65.1 Å². The summed E-state index contributed by atoms with van der Waals surface area (Å²) in [6.45, 7) is 1.91. The van der Waals surface area contributed by atoms with Crippen molar-refractivity contribution < 1.29 is 23.8 Å². The van der Waals surface area contributed by atoms with Crippen molar-refractivity contribution >= 4 is 29.4 Å². The molecule has 7 heteroatoms. The fourth-order valence-corrected chi connectivity index (χ4v) is 3.56. The second-order valence-corrected chi connectivity index (χ2v) is 7.27. The molecule has 2 atom stereocenters. The lowest BCUT2D eigenvalue weighted by Crippen LogP contribution is -2.33. The van der Waals surface area contributed by atoms with Crippen LogP contribution in [0.15, 0.2) is 78.9 Å². The first-order valence-corrected chi connectivity index (χ1v) is 10.2. The molecule has 6 nitrogen and oxygen atoms in total. The van der Waals surface area contributed by atoms with Gasteiger partial charge in [0, 0.05) is 10.7 Å². The van der Waals surface area contributed by atoms with Crippen LogP contribution in [0, 0.1) is 0 Å². The highest BCUT2D eigenvalue weighted by Crippen LogP contribution is 2.38. The number of cyclic esters (lactones) is 1. The molecule has 0 unspecified atom stereocenters. The van der Waals surface area contributed by atoms with Gasteiger partial charge in [-0.15, -0.1) is 0 Å². The van der Waals surface area contributed by atoms with Gasteiger partial charge in [0.05, 0.1) is 6.61 Å². The summed E-state index contributed by atoms with van der Waals surface area (Å²) in [6, 6.07) is 22.6. The molecule has 0 aromatic heterocycles. The van der Waals surface area contributed by atoms with Crippen LogP contribution in [-0.2, 0) is 14.3 Å². The second kappa shape index (κ2) is 9.10. The molecule has 0 radical (unpaired) electrons. The van der Waals surface area contributed by atoms with Crippen molar-refractivity contribution in [1.82, 2.24) is 0 Å². The molecule has 3 aromatic carbocycles. The molecule has 1 fully saturated rings. The van der Waals surface area contributed by atoms with Crippen LogP contribution in [0.25, 0.3) is 0 Å². The summed E-state index contributed by atoms with van der Waals surface area (Å²) in [5.41, 5.74) is 1.35. The zero-order valence-electron chi connectivity index (χ0n) is 16.7. The van der Waals surface area contributed by atoms with Gasteiger partial charge in [0.2, 0.25) is 6.10 Å². The van der Waals surface area contributed by atoms with Gasteiger partial charge in [0.15, 0.2) is 0 Å². The van der Waals surface area contributed by atoms with Crippen molar-refractivity contribution in [3.05, 3.63) is 89.4 Å². The van der Waals surface area contributed by atoms with Gasteiger partial charge in [-0.3, -0.25) is 4.90 Å². The minimum absolute atomic E-state index is 0.200. The summed E-state index contributed by atoms with van der Waals surface area (Å²) in [5, 5.41) is 0.623. The van der Waals surface area contributed by atoms with Gasteiger partial charge in [-0.2, -0.15) is 0 Å². The van der Waals surface area contributed by atoms with E-state index in [1.54, 1.807) is 55.5 Å². The molecule has 1 aliphatic rings. The SMILES string of the molecule is CCOC(=O)[C@@H]1OC(=O)N(c2ccc(Oc3ccc(Cl)cc3)cc2)[C@H]1c1ccccc1. The average Bonchev–Trinajstić information content (AvgIpc) is 3.14. The highest BCUT2D eigenvalue weighted by molar-refractivity contribution is 6.30. The van der Waals surface area contributed by atoms with Crippen molar-refractivity contribution in [2.24, 2.45) is 0 Å². The number of nitrogens with zero attached hydrogens (tertiary/aromatic N) is 1. The Balaban J connectivity index is 1.62. The molecule has 0 N–H and O–H groups in total. The van der Waals surface area contributed by atoms with E-state index in [0.717, 1.165) is 5.56 Å². The van der Waals surface area contributed by atoms with E-state index in [0.29, 0.717) is 22.2 Å². The number of hydrogen-bond donors (Lipinski definition) is 0. The maximum Gasteiger partial charge on any atom is 0.415 e. The molecule has 158 valence electrons. The van der Waals surface area contributed by atoms with E-state index in [9.17, 15) is 9.59 Å². The van der Waals surface area contributed by atoms with E-state index in [2.05, 4.69) is 0 Å². The lowest BCUT2D eigenvalue weighted by atomic mass is 10.00. The van der Waals surface area contributed by atoms with Crippen LogP contribution in [0.2, 0.25) is 5.02 Å². The van der Waals surface area contributed by atoms with Crippen LogP contribution in [-0.4, -0.2) is 24.8 Å². The monoisotopic (exact) mass is 437 g/mol. The van der Waals surface area contributed by atoms with Gasteiger partial charge in [0.1, 0.15) is 17.5 Å².